The largest absolute Gasteiger partial charge is 0.471 e. The van der Waals surface area contributed by atoms with Crippen LogP contribution in [0.25, 0.3) is 0 Å². The van der Waals surface area contributed by atoms with E-state index < -0.39 is 30.6 Å². The SMILES string of the molecule is O=C(COC(=O)c1ccc(NC(=O)C(F)(F)F)cc1)Nc1cc(Cl)ccc1Cl. The maximum absolute atomic E-state index is 12.2. The Morgan fingerprint density at radius 2 is 1.61 bits per heavy atom. The number of ether oxygens (including phenoxy) is 1. The van der Waals surface area contributed by atoms with E-state index in [1.165, 1.54) is 18.2 Å². The number of hydrogen-bond donors (Lipinski definition) is 2. The van der Waals surface area contributed by atoms with Gasteiger partial charge in [-0.25, -0.2) is 4.79 Å². The molecule has 0 spiro atoms. The molecule has 0 saturated heterocycles. The van der Waals surface area contributed by atoms with Crippen molar-refractivity contribution in [3.63, 3.8) is 0 Å². The number of rotatable bonds is 5. The second kappa shape index (κ2) is 8.94. The van der Waals surface area contributed by atoms with Gasteiger partial charge in [0.1, 0.15) is 0 Å². The third-order valence-electron chi connectivity index (χ3n) is 3.17. The van der Waals surface area contributed by atoms with Gasteiger partial charge >= 0.3 is 18.1 Å². The first kappa shape index (κ1) is 21.5. The molecule has 0 heterocycles. The lowest BCUT2D eigenvalue weighted by Gasteiger charge is -2.09. The van der Waals surface area contributed by atoms with Crippen LogP contribution in [0.2, 0.25) is 10.0 Å². The van der Waals surface area contributed by atoms with E-state index in [0.717, 1.165) is 24.3 Å². The molecule has 0 bridgehead atoms. The maximum atomic E-state index is 12.2. The molecular weight excluding hydrogens is 424 g/mol. The molecule has 148 valence electrons. The molecule has 0 aliphatic rings. The molecule has 2 amide bonds. The zero-order valence-electron chi connectivity index (χ0n) is 13.8. The number of benzene rings is 2. The zero-order valence-corrected chi connectivity index (χ0v) is 15.3. The van der Waals surface area contributed by atoms with Crippen LogP contribution in [0.4, 0.5) is 24.5 Å². The molecule has 28 heavy (non-hydrogen) atoms. The highest BCUT2D eigenvalue weighted by atomic mass is 35.5. The molecule has 0 radical (unpaired) electrons. The molecule has 0 atom stereocenters. The van der Waals surface area contributed by atoms with Crippen molar-refractivity contribution in [2.75, 3.05) is 17.2 Å². The van der Waals surface area contributed by atoms with Gasteiger partial charge in [-0.1, -0.05) is 23.2 Å². The number of carbonyl (C=O) groups excluding carboxylic acids is 3. The maximum Gasteiger partial charge on any atom is 0.471 e. The second-order valence-corrected chi connectivity index (χ2v) is 6.12. The van der Waals surface area contributed by atoms with Gasteiger partial charge in [0.05, 0.1) is 16.3 Å². The van der Waals surface area contributed by atoms with Crippen molar-refractivity contribution in [3.05, 3.63) is 58.1 Å². The topological polar surface area (TPSA) is 84.5 Å². The molecule has 0 fully saturated rings. The predicted molar refractivity (Wildman–Crippen MR) is 96.5 cm³/mol. The third kappa shape index (κ3) is 6.14. The van der Waals surface area contributed by atoms with Crippen LogP contribution in [0.15, 0.2) is 42.5 Å². The zero-order chi connectivity index (χ0) is 20.9. The normalized spacial score (nSPS) is 10.9. The van der Waals surface area contributed by atoms with Gasteiger partial charge in [-0.3, -0.25) is 9.59 Å². The summed E-state index contributed by atoms with van der Waals surface area (Å²) in [6.07, 6.45) is -5.03. The van der Waals surface area contributed by atoms with Crippen LogP contribution in [0.5, 0.6) is 0 Å². The Balaban J connectivity index is 1.89. The molecule has 0 aromatic heterocycles. The fourth-order valence-electron chi connectivity index (χ4n) is 1.89. The fourth-order valence-corrected chi connectivity index (χ4v) is 2.22. The van der Waals surface area contributed by atoms with E-state index in [-0.39, 0.29) is 22.0 Å². The highest BCUT2D eigenvalue weighted by Crippen LogP contribution is 2.25. The number of amides is 2. The van der Waals surface area contributed by atoms with Crippen molar-refractivity contribution in [2.45, 2.75) is 6.18 Å². The minimum absolute atomic E-state index is 0.0291. The predicted octanol–water partition coefficient (Wildman–Crippen LogP) is 4.29. The van der Waals surface area contributed by atoms with Crippen LogP contribution in [-0.4, -0.2) is 30.6 Å². The lowest BCUT2D eigenvalue weighted by atomic mass is 10.2. The Bertz CT molecular complexity index is 902. The minimum atomic E-state index is -5.03. The highest BCUT2D eigenvalue weighted by molar-refractivity contribution is 6.35. The summed E-state index contributed by atoms with van der Waals surface area (Å²) >= 11 is 11.7. The molecule has 0 aliphatic heterocycles. The number of esters is 1. The number of carbonyl (C=O) groups is 3. The summed E-state index contributed by atoms with van der Waals surface area (Å²) in [5.74, 6) is -3.70. The van der Waals surface area contributed by atoms with Crippen molar-refractivity contribution >= 4 is 52.4 Å². The molecule has 6 nitrogen and oxygen atoms in total. The smallest absolute Gasteiger partial charge is 0.452 e. The molecule has 0 unspecified atom stereocenters. The van der Waals surface area contributed by atoms with Crippen LogP contribution in [0.3, 0.4) is 0 Å². The number of nitrogens with one attached hydrogen (secondary N) is 2. The van der Waals surface area contributed by atoms with Crippen LogP contribution in [0, 0.1) is 0 Å². The first-order chi connectivity index (χ1) is 13.1. The van der Waals surface area contributed by atoms with Crippen molar-refractivity contribution in [2.24, 2.45) is 0 Å². The van der Waals surface area contributed by atoms with Crippen LogP contribution >= 0.6 is 23.2 Å². The van der Waals surface area contributed by atoms with E-state index in [2.05, 4.69) is 5.32 Å². The summed E-state index contributed by atoms with van der Waals surface area (Å²) in [5, 5.41) is 4.63. The Labute approximate surface area is 166 Å². The molecule has 0 aliphatic carbocycles. The van der Waals surface area contributed by atoms with Gasteiger partial charge in [0, 0.05) is 10.7 Å². The Morgan fingerprint density at radius 3 is 2.21 bits per heavy atom. The standard InChI is InChI=1S/C17H11Cl2F3N2O4/c18-10-3-6-12(19)13(7-10)24-14(25)8-28-15(26)9-1-4-11(5-2-9)23-16(27)17(20,21)22/h1-7H,8H2,(H,23,27)(H,24,25). The molecule has 11 heteroatoms. The van der Waals surface area contributed by atoms with Crippen molar-refractivity contribution < 1.29 is 32.3 Å². The van der Waals surface area contributed by atoms with Gasteiger partial charge in [-0.05, 0) is 42.5 Å². The Morgan fingerprint density at radius 1 is 0.964 bits per heavy atom. The minimum Gasteiger partial charge on any atom is -0.452 e. The number of alkyl halides is 3. The van der Waals surface area contributed by atoms with Gasteiger partial charge in [-0.15, -0.1) is 0 Å². The first-order valence-electron chi connectivity index (χ1n) is 7.46. The van der Waals surface area contributed by atoms with Gasteiger partial charge in [0.2, 0.25) is 0 Å². The Hall–Kier alpha value is -2.78. The van der Waals surface area contributed by atoms with E-state index in [1.54, 1.807) is 5.32 Å². The summed E-state index contributed by atoms with van der Waals surface area (Å²) in [6.45, 7) is -0.631. The summed E-state index contributed by atoms with van der Waals surface area (Å²) in [7, 11) is 0. The van der Waals surface area contributed by atoms with Crippen molar-refractivity contribution in [1.29, 1.82) is 0 Å². The van der Waals surface area contributed by atoms with Gasteiger partial charge < -0.3 is 15.4 Å². The highest BCUT2D eigenvalue weighted by Gasteiger charge is 2.38. The van der Waals surface area contributed by atoms with Crippen LogP contribution < -0.4 is 10.6 Å². The first-order valence-corrected chi connectivity index (χ1v) is 8.22. The van der Waals surface area contributed by atoms with Crippen LogP contribution in [0.1, 0.15) is 10.4 Å². The van der Waals surface area contributed by atoms with Crippen molar-refractivity contribution in [1.82, 2.24) is 0 Å². The number of hydrogen-bond acceptors (Lipinski definition) is 4. The number of anilines is 2. The molecule has 0 saturated carbocycles. The summed E-state index contributed by atoms with van der Waals surface area (Å²) < 4.78 is 41.4. The summed E-state index contributed by atoms with van der Waals surface area (Å²) in [6, 6.07) is 8.88. The number of halogens is 5. The second-order valence-electron chi connectivity index (χ2n) is 5.28. The third-order valence-corrected chi connectivity index (χ3v) is 3.74. The van der Waals surface area contributed by atoms with E-state index in [9.17, 15) is 27.6 Å². The molecular formula is C17H11Cl2F3N2O4. The quantitative estimate of drug-likeness (QED) is 0.687. The van der Waals surface area contributed by atoms with E-state index in [1.807, 2.05) is 0 Å². The lowest BCUT2D eigenvalue weighted by Crippen LogP contribution is -2.29. The monoisotopic (exact) mass is 434 g/mol. The average Bonchev–Trinajstić information content (AvgIpc) is 2.62. The van der Waals surface area contributed by atoms with Gasteiger partial charge in [0.15, 0.2) is 6.61 Å². The molecule has 2 aromatic rings. The lowest BCUT2D eigenvalue weighted by molar-refractivity contribution is -0.167. The fraction of sp³-hybridized carbons (Fsp3) is 0.118. The van der Waals surface area contributed by atoms with Crippen LogP contribution in [-0.2, 0) is 14.3 Å². The Kier molecular flexibility index (Phi) is 6.87. The molecule has 2 N–H and O–H groups in total. The van der Waals surface area contributed by atoms with E-state index in [0.29, 0.717) is 5.02 Å². The van der Waals surface area contributed by atoms with Gasteiger partial charge in [-0.2, -0.15) is 13.2 Å². The van der Waals surface area contributed by atoms with E-state index in [4.69, 9.17) is 27.9 Å². The average molecular weight is 435 g/mol. The van der Waals surface area contributed by atoms with E-state index >= 15 is 0 Å². The summed E-state index contributed by atoms with van der Waals surface area (Å²) in [4.78, 5) is 34.6. The summed E-state index contributed by atoms with van der Waals surface area (Å²) in [5.41, 5.74) is 0.0470. The van der Waals surface area contributed by atoms with Crippen molar-refractivity contribution in [3.8, 4) is 0 Å². The van der Waals surface area contributed by atoms with Gasteiger partial charge in [0.25, 0.3) is 5.91 Å². The molecule has 2 aromatic carbocycles. The molecule has 2 rings (SSSR count).